The van der Waals surface area contributed by atoms with E-state index in [9.17, 15) is 14.4 Å². The first-order valence-electron chi connectivity index (χ1n) is 5.41. The number of primary amides is 1. The van der Waals surface area contributed by atoms with E-state index in [1.807, 2.05) is 0 Å². The van der Waals surface area contributed by atoms with Gasteiger partial charge in [-0.2, -0.15) is 0 Å². The molecule has 1 unspecified atom stereocenters. The fourth-order valence-corrected chi connectivity index (χ4v) is 1.81. The second-order valence-corrected chi connectivity index (χ2v) is 4.42. The van der Waals surface area contributed by atoms with Crippen molar-refractivity contribution >= 4 is 29.2 Å². The molecule has 0 saturated heterocycles. The molecule has 0 radical (unpaired) electrons. The third-order valence-electron chi connectivity index (χ3n) is 2.20. The Hall–Kier alpha value is -2.16. The van der Waals surface area contributed by atoms with Crippen LogP contribution in [0.15, 0.2) is 10.9 Å². The van der Waals surface area contributed by atoms with Gasteiger partial charge in [-0.25, -0.2) is 14.6 Å². The molecule has 9 heteroatoms. The number of aliphatic carboxylic acids is 1. The zero-order valence-corrected chi connectivity index (χ0v) is 10.8. The van der Waals surface area contributed by atoms with E-state index in [-0.39, 0.29) is 19.4 Å². The second kappa shape index (κ2) is 7.31. The molecule has 0 aliphatic heterocycles. The molecule has 8 nitrogen and oxygen atoms in total. The van der Waals surface area contributed by atoms with Gasteiger partial charge < -0.3 is 21.5 Å². The fraction of sp³-hybridized carbons (Fsp3) is 0.400. The number of rotatable bonds is 7. The Kier molecular flexibility index (Phi) is 5.73. The molecule has 0 aliphatic rings. The van der Waals surface area contributed by atoms with E-state index in [4.69, 9.17) is 10.8 Å². The molecule has 1 aromatic rings. The Balaban J connectivity index is 2.38. The quantitative estimate of drug-likeness (QED) is 0.544. The van der Waals surface area contributed by atoms with Crippen LogP contribution in [0.4, 0.5) is 4.79 Å². The van der Waals surface area contributed by atoms with Crippen molar-refractivity contribution < 1.29 is 19.5 Å². The second-order valence-electron chi connectivity index (χ2n) is 3.70. The topological polar surface area (TPSA) is 134 Å². The van der Waals surface area contributed by atoms with Crippen molar-refractivity contribution in [2.45, 2.75) is 25.4 Å². The first-order chi connectivity index (χ1) is 8.99. The average molecular weight is 286 g/mol. The zero-order valence-electron chi connectivity index (χ0n) is 9.96. The highest BCUT2D eigenvalue weighted by atomic mass is 32.1. The maximum absolute atomic E-state index is 11.5. The van der Waals surface area contributed by atoms with E-state index in [1.54, 1.807) is 10.9 Å². The number of hydrogen-bond acceptors (Lipinski definition) is 5. The minimum atomic E-state index is -1.22. The minimum absolute atomic E-state index is 0.0468. The average Bonchev–Trinajstić information content (AvgIpc) is 2.84. The Labute approximate surface area is 113 Å². The van der Waals surface area contributed by atoms with Crippen molar-refractivity contribution in [3.63, 3.8) is 0 Å². The molecule has 0 bridgehead atoms. The molecule has 0 fully saturated rings. The molecule has 0 spiro atoms. The third-order valence-corrected chi connectivity index (χ3v) is 2.83. The largest absolute Gasteiger partial charge is 0.480 e. The third kappa shape index (κ3) is 5.82. The van der Waals surface area contributed by atoms with Gasteiger partial charge in [-0.1, -0.05) is 0 Å². The van der Waals surface area contributed by atoms with Gasteiger partial charge in [0.1, 0.15) is 6.04 Å². The fourth-order valence-electron chi connectivity index (χ4n) is 1.25. The molecule has 1 aromatic heterocycles. The summed E-state index contributed by atoms with van der Waals surface area (Å²) in [5.74, 6) is -1.83. The lowest BCUT2D eigenvalue weighted by Gasteiger charge is -2.14. The monoisotopic (exact) mass is 286 g/mol. The molecule has 1 atom stereocenters. The Morgan fingerprint density at radius 2 is 2.21 bits per heavy atom. The summed E-state index contributed by atoms with van der Waals surface area (Å²) in [6.45, 7) is 0.206. The Morgan fingerprint density at radius 1 is 1.47 bits per heavy atom. The van der Waals surface area contributed by atoms with Crippen molar-refractivity contribution in [3.8, 4) is 0 Å². The maximum atomic E-state index is 11.5. The molecule has 0 aromatic carbocycles. The first-order valence-corrected chi connectivity index (χ1v) is 6.36. The number of carbonyl (C=O) groups excluding carboxylic acids is 2. The van der Waals surface area contributed by atoms with Gasteiger partial charge in [-0.3, -0.25) is 4.79 Å². The number of carboxylic acids is 1. The van der Waals surface area contributed by atoms with Crippen molar-refractivity contribution in [2.24, 2.45) is 5.73 Å². The summed E-state index contributed by atoms with van der Waals surface area (Å²) < 4.78 is 0. The number of nitrogens with one attached hydrogen (secondary N) is 2. The van der Waals surface area contributed by atoms with E-state index < -0.39 is 23.9 Å². The lowest BCUT2D eigenvalue weighted by molar-refractivity contribution is -0.139. The van der Waals surface area contributed by atoms with Crippen LogP contribution in [0.25, 0.3) is 0 Å². The summed E-state index contributed by atoms with van der Waals surface area (Å²) in [6.07, 6.45) is -0.155. The summed E-state index contributed by atoms with van der Waals surface area (Å²) in [5, 5.41) is 15.4. The predicted molar refractivity (Wildman–Crippen MR) is 67.3 cm³/mol. The highest BCUT2D eigenvalue weighted by molar-refractivity contribution is 7.07. The number of aromatic nitrogens is 1. The normalized spacial score (nSPS) is 11.6. The Bertz CT molecular complexity index is 448. The molecule has 0 aliphatic carbocycles. The molecule has 3 amide bonds. The number of carbonyl (C=O) groups is 3. The van der Waals surface area contributed by atoms with Crippen LogP contribution in [0.1, 0.15) is 18.5 Å². The van der Waals surface area contributed by atoms with Gasteiger partial charge in [-0.15, -0.1) is 11.3 Å². The maximum Gasteiger partial charge on any atom is 0.326 e. The number of carboxylic acid groups (broad SMARTS) is 1. The predicted octanol–water partition coefficient (Wildman–Crippen LogP) is -0.339. The summed E-state index contributed by atoms with van der Waals surface area (Å²) in [4.78, 5) is 36.9. The summed E-state index contributed by atoms with van der Waals surface area (Å²) >= 11 is 1.39. The number of nitrogens with two attached hydrogens (primary N) is 1. The van der Waals surface area contributed by atoms with Crippen molar-refractivity contribution in [1.82, 2.24) is 15.6 Å². The molecule has 1 rings (SSSR count). The van der Waals surface area contributed by atoms with Crippen LogP contribution in [0.3, 0.4) is 0 Å². The van der Waals surface area contributed by atoms with Crippen LogP contribution in [0.2, 0.25) is 0 Å². The zero-order chi connectivity index (χ0) is 14.3. The SMILES string of the molecule is NC(=O)CCC(NC(=O)NCc1cscn1)C(=O)O. The highest BCUT2D eigenvalue weighted by Crippen LogP contribution is 2.00. The van der Waals surface area contributed by atoms with Gasteiger partial charge in [0.25, 0.3) is 0 Å². The molecule has 19 heavy (non-hydrogen) atoms. The lowest BCUT2D eigenvalue weighted by atomic mass is 10.1. The number of nitrogens with zero attached hydrogens (tertiary/aromatic N) is 1. The molecule has 104 valence electrons. The van der Waals surface area contributed by atoms with E-state index in [0.717, 1.165) is 0 Å². The summed E-state index contributed by atoms with van der Waals surface area (Å²) in [5.41, 5.74) is 7.24. The first kappa shape index (κ1) is 14.9. The van der Waals surface area contributed by atoms with Crippen LogP contribution in [-0.4, -0.2) is 34.0 Å². The van der Waals surface area contributed by atoms with Crippen molar-refractivity contribution in [2.75, 3.05) is 0 Å². The number of hydrogen-bond donors (Lipinski definition) is 4. The summed E-state index contributed by atoms with van der Waals surface area (Å²) in [6, 6.07) is -1.78. The van der Waals surface area contributed by atoms with Crippen LogP contribution in [0.5, 0.6) is 0 Å². The minimum Gasteiger partial charge on any atom is -0.480 e. The smallest absolute Gasteiger partial charge is 0.326 e. The van der Waals surface area contributed by atoms with Gasteiger partial charge in [-0.05, 0) is 6.42 Å². The molecular weight excluding hydrogens is 272 g/mol. The number of amides is 3. The number of thiazole rings is 1. The van der Waals surface area contributed by atoms with E-state index in [0.29, 0.717) is 5.69 Å². The van der Waals surface area contributed by atoms with Crippen molar-refractivity contribution in [3.05, 3.63) is 16.6 Å². The van der Waals surface area contributed by atoms with Gasteiger partial charge in [0.2, 0.25) is 5.91 Å². The van der Waals surface area contributed by atoms with E-state index >= 15 is 0 Å². The summed E-state index contributed by atoms with van der Waals surface area (Å²) in [7, 11) is 0. The van der Waals surface area contributed by atoms with Gasteiger partial charge in [0.05, 0.1) is 17.7 Å². The van der Waals surface area contributed by atoms with E-state index in [2.05, 4.69) is 15.6 Å². The molecule has 0 saturated carbocycles. The Morgan fingerprint density at radius 3 is 2.74 bits per heavy atom. The number of urea groups is 1. The van der Waals surface area contributed by atoms with E-state index in [1.165, 1.54) is 11.3 Å². The van der Waals surface area contributed by atoms with Crippen LogP contribution in [-0.2, 0) is 16.1 Å². The molecule has 1 heterocycles. The van der Waals surface area contributed by atoms with Crippen molar-refractivity contribution in [1.29, 1.82) is 0 Å². The van der Waals surface area contributed by atoms with Gasteiger partial charge in [0, 0.05) is 11.8 Å². The van der Waals surface area contributed by atoms with Crippen LogP contribution < -0.4 is 16.4 Å². The molecule has 5 N–H and O–H groups in total. The standard InChI is InChI=1S/C10H14N4O4S/c11-8(15)2-1-7(9(16)17)14-10(18)12-3-6-4-19-5-13-6/h4-5,7H,1-3H2,(H2,11,15)(H,16,17)(H2,12,14,18). The van der Waals surface area contributed by atoms with Gasteiger partial charge in [0.15, 0.2) is 0 Å². The van der Waals surface area contributed by atoms with Crippen LogP contribution in [0, 0.1) is 0 Å². The highest BCUT2D eigenvalue weighted by Gasteiger charge is 2.20. The lowest BCUT2D eigenvalue weighted by Crippen LogP contribution is -2.46. The van der Waals surface area contributed by atoms with Gasteiger partial charge >= 0.3 is 12.0 Å². The van der Waals surface area contributed by atoms with Crippen LogP contribution >= 0.6 is 11.3 Å². The molecular formula is C10H14N4O4S.